The smallest absolute Gasteiger partial charge is 0.317 e. The highest BCUT2D eigenvalue weighted by molar-refractivity contribution is 8.76. The van der Waals surface area contributed by atoms with Crippen LogP contribution < -0.4 is 74.9 Å². The van der Waals surface area contributed by atoms with Crippen molar-refractivity contribution in [1.82, 2.24) is 109 Å². The number of para-hydroxylation sites is 3. The zero-order chi connectivity index (χ0) is 104. The zero-order valence-electron chi connectivity index (χ0n) is 79.3. The van der Waals surface area contributed by atoms with Crippen LogP contribution in [0.15, 0.2) is 91.4 Å². The number of amides is 15. The predicted molar refractivity (Wildman–Crippen MR) is 517 cm³/mol. The number of nitrogens with one attached hydrogen (secondary N) is 16. The number of carboxylic acids is 3. The Balaban J connectivity index is 0.988. The maximum absolute atomic E-state index is 15.7. The average molecular weight is 2020 g/mol. The first-order valence-corrected chi connectivity index (χ1v) is 49.2. The molecule has 0 radical (unpaired) electrons. The Hall–Kier alpha value is -13.2. The van der Waals surface area contributed by atoms with Crippen LogP contribution in [-0.4, -0.2) is 395 Å². The number of carboxylic acid groups (broad SMARTS) is 3. The van der Waals surface area contributed by atoms with Gasteiger partial charge in [0.15, 0.2) is 0 Å². The van der Waals surface area contributed by atoms with Crippen LogP contribution in [0.4, 0.5) is 0 Å². The number of rotatable bonds is 40. The molecule has 9 rings (SSSR count). The van der Waals surface area contributed by atoms with Gasteiger partial charge in [-0.1, -0.05) is 96.5 Å². The maximum Gasteiger partial charge on any atom is 0.317 e. The summed E-state index contributed by atoms with van der Waals surface area (Å²) in [5.41, 5.74) is 9.16. The number of nitrogens with zero attached hydrogens (tertiary/aromatic N) is 5. The van der Waals surface area contributed by atoms with Gasteiger partial charge in [0.1, 0.15) is 84.3 Å². The SMILES string of the molecule is CC[C@H](C)[C@H](NC(=O)[C@@H](NC(=O)[C@H](Cc1c[nH]c2ccccc12)NC(C)=O)[C@@H](C)O)C(=O)N[C@H]1CSSC[C@@H](C(=O)N[C@@H](Cc2c[nH]c3ccccc23)C(=O)N2CCC[C@H]2C(=O)N[C@H](CCCCNC(=O)CN2CCN(CC(C)=O)CCN(CC(=O)O)CCN(CC(=O)O)CC2)C(N)=O)NC(=O)[C@H](CC(=O)O)NC(=O)[C@H](CO)NC(=O)[C@H](Cc2c[nH]c3ccccc23)NC(=O)[C@H](CO)NC(=O)[C@H](CO)NC1=O. The highest BCUT2D eigenvalue weighted by Crippen LogP contribution is 2.28. The first-order chi connectivity index (χ1) is 67.7. The molecule has 48 nitrogen and oxygen atoms in total. The Labute approximate surface area is 824 Å². The predicted octanol–water partition coefficient (Wildman–Crippen LogP) is -5.99. The monoisotopic (exact) mass is 2020 g/mol. The zero-order valence-corrected chi connectivity index (χ0v) is 81.0. The Bertz CT molecular complexity index is 5430. The van der Waals surface area contributed by atoms with E-state index in [1.54, 1.807) is 102 Å². The number of primary amides is 1. The number of likely N-dealkylation sites (tertiary alicyclic amines) is 1. The molecule has 774 valence electrons. The van der Waals surface area contributed by atoms with Crippen molar-refractivity contribution in [1.29, 1.82) is 0 Å². The molecule has 142 heavy (non-hydrogen) atoms. The summed E-state index contributed by atoms with van der Waals surface area (Å²) < 4.78 is 0. The topological polar surface area (TPSA) is 712 Å². The van der Waals surface area contributed by atoms with Crippen LogP contribution in [0.5, 0.6) is 0 Å². The second kappa shape index (κ2) is 55.3. The fraction of sp³-hybridized carbons (Fsp3) is 0.533. The third-order valence-electron chi connectivity index (χ3n) is 24.6. The molecule has 0 aliphatic carbocycles. The number of hydrogen-bond acceptors (Lipinski definition) is 29. The fourth-order valence-corrected chi connectivity index (χ4v) is 19.0. The Morgan fingerprint density at radius 1 is 0.479 bits per heavy atom. The maximum atomic E-state index is 15.7. The number of carbonyl (C=O) groups excluding carboxylic acids is 16. The molecule has 3 aromatic carbocycles. The van der Waals surface area contributed by atoms with E-state index in [4.69, 9.17) is 5.73 Å². The molecule has 3 fully saturated rings. The van der Waals surface area contributed by atoms with E-state index in [-0.39, 0.29) is 136 Å². The average Bonchev–Trinajstić information content (AvgIpc) is 1.76. The van der Waals surface area contributed by atoms with Gasteiger partial charge in [0.25, 0.3) is 0 Å². The number of nitrogens with two attached hydrogens (primary N) is 1. The lowest BCUT2D eigenvalue weighted by Gasteiger charge is -2.33. The van der Waals surface area contributed by atoms with Gasteiger partial charge in [-0.05, 0) is 86.8 Å². The van der Waals surface area contributed by atoms with Crippen LogP contribution in [0.25, 0.3) is 32.7 Å². The number of aliphatic hydroxyl groups is 4. The van der Waals surface area contributed by atoms with Gasteiger partial charge < -0.3 is 130 Å². The van der Waals surface area contributed by atoms with Gasteiger partial charge >= 0.3 is 17.9 Å². The Kier molecular flexibility index (Phi) is 43.7. The minimum absolute atomic E-state index is 0.00787. The number of aromatic nitrogens is 3. The van der Waals surface area contributed by atoms with Gasteiger partial charge in [-0.2, -0.15) is 0 Å². The van der Waals surface area contributed by atoms with E-state index in [0.29, 0.717) is 84.1 Å². The number of aliphatic hydroxyl groups excluding tert-OH is 4. The van der Waals surface area contributed by atoms with Crippen LogP contribution in [0.1, 0.15) is 96.3 Å². The molecular weight excluding hydrogens is 1890 g/mol. The van der Waals surface area contributed by atoms with Gasteiger partial charge in [-0.25, -0.2) is 0 Å². The molecule has 6 aromatic rings. The van der Waals surface area contributed by atoms with Crippen LogP contribution in [-0.2, 0) is 110 Å². The van der Waals surface area contributed by atoms with E-state index in [9.17, 15) is 103 Å². The minimum atomic E-state index is -2.21. The van der Waals surface area contributed by atoms with Gasteiger partial charge in [-0.3, -0.25) is 111 Å². The molecule has 25 N–H and O–H groups in total. The van der Waals surface area contributed by atoms with Crippen molar-refractivity contribution in [2.75, 3.05) is 123 Å². The highest BCUT2D eigenvalue weighted by Gasteiger charge is 2.43. The molecular formula is C92H128N22O26S2. The van der Waals surface area contributed by atoms with Gasteiger partial charge in [0.05, 0.1) is 58.5 Å². The molecule has 15 amide bonds. The molecule has 3 saturated heterocycles. The van der Waals surface area contributed by atoms with Crippen LogP contribution in [0.3, 0.4) is 0 Å². The molecule has 0 spiro atoms. The van der Waals surface area contributed by atoms with Gasteiger partial charge in [-0.15, -0.1) is 0 Å². The number of unbranched alkanes of at least 4 members (excludes halogenated alkanes) is 1. The number of aliphatic carboxylic acids is 3. The normalized spacial score (nSPS) is 21.3. The van der Waals surface area contributed by atoms with Crippen LogP contribution in [0, 0.1) is 5.92 Å². The largest absolute Gasteiger partial charge is 0.481 e. The molecule has 0 unspecified atom stereocenters. The second-order valence-corrected chi connectivity index (χ2v) is 37.9. The van der Waals surface area contributed by atoms with E-state index < -0.39 is 241 Å². The fourth-order valence-electron chi connectivity index (χ4n) is 16.7. The second-order valence-electron chi connectivity index (χ2n) is 35.3. The van der Waals surface area contributed by atoms with Gasteiger partial charge in [0.2, 0.25) is 88.6 Å². The standard InChI is InChI=1S/C92H128N22O26S2/c1-6-50(2)78(108-91(139)79(52(4)119)109-83(131)64(98-53(5)120)34-54-38-95-60-19-10-7-16-57(54)60)90(138)107-72-49-142-141-48-71(106-82(130)66(37-75(122)123)101-85(133)68(45-115)103-81(129)65(35-55-39-96-61-20-11-8-17-58(55)61)100-84(132)69(46-116)104-86(134)70(47-117)105-88(72)136)87(135)102-67(36-56-40-97-62-21-12-9-18-59(56)62)92(140)114-25-15-23-73(114)89(137)99-63(80(93)128)22-13-14-24-94-74(121)42-111-28-26-110(41-51(3)118)27-30-112(43-76(124)125)32-33-113(31-29-111)44-77(126)127/h7-12,16-21,38-40,50,52,63-73,78-79,95-97,115-117,119H,6,13-15,22-37,41-49H2,1-5H3,(H2,93,128)(H,94,121)(H,98,120)(H,99,137)(H,100,132)(H,101,133)(H,102,135)(H,103,129)(H,104,134)(H,105,136)(H,106,130)(H,107,138)(H,108,139)(H,109,131)(H,122,123)(H,124,125)(H,126,127)/t50-,52+,63+,64-,65-,66-,67-,68-,69-,70-,71-,72-,73-,78-,79-/m0/s1. The van der Waals surface area contributed by atoms with E-state index in [1.807, 2.05) is 9.80 Å². The molecule has 3 aromatic heterocycles. The lowest BCUT2D eigenvalue weighted by molar-refractivity contribution is -0.143. The summed E-state index contributed by atoms with van der Waals surface area (Å²) in [5, 5.41) is 107. The minimum Gasteiger partial charge on any atom is -0.481 e. The van der Waals surface area contributed by atoms with Crippen molar-refractivity contribution in [3.63, 3.8) is 0 Å². The van der Waals surface area contributed by atoms with Crippen molar-refractivity contribution >= 4 is 167 Å². The van der Waals surface area contributed by atoms with Crippen molar-refractivity contribution in [2.45, 2.75) is 183 Å². The first kappa shape index (κ1) is 112. The highest BCUT2D eigenvalue weighted by atomic mass is 33.1. The number of carbonyl (C=O) groups is 19. The number of H-pyrrole nitrogens is 3. The molecule has 50 heteroatoms. The van der Waals surface area contributed by atoms with E-state index >= 15 is 24.0 Å². The van der Waals surface area contributed by atoms with Crippen molar-refractivity contribution in [2.24, 2.45) is 11.7 Å². The molecule has 15 atom stereocenters. The lowest BCUT2D eigenvalue weighted by atomic mass is 9.97. The van der Waals surface area contributed by atoms with Crippen LogP contribution in [0.2, 0.25) is 0 Å². The summed E-state index contributed by atoms with van der Waals surface area (Å²) in [6.07, 6.45) is 1.54. The summed E-state index contributed by atoms with van der Waals surface area (Å²) >= 11 is 0. The third-order valence-corrected chi connectivity index (χ3v) is 27.0. The number of fused-ring (bicyclic) bond motifs is 3. The number of ketones is 1. The van der Waals surface area contributed by atoms with Crippen molar-refractivity contribution in [3.05, 3.63) is 108 Å². The quantitative estimate of drug-likeness (QED) is 0.0126. The van der Waals surface area contributed by atoms with Crippen molar-refractivity contribution in [3.8, 4) is 0 Å². The molecule has 6 heterocycles. The summed E-state index contributed by atoms with van der Waals surface area (Å²) in [5.74, 6) is -22.3. The van der Waals surface area contributed by atoms with Crippen LogP contribution >= 0.6 is 21.6 Å². The van der Waals surface area contributed by atoms with E-state index in [1.165, 1.54) is 31.9 Å². The third kappa shape index (κ3) is 33.8. The summed E-state index contributed by atoms with van der Waals surface area (Å²) in [6, 6.07) is -2.57. The molecule has 0 bridgehead atoms. The number of aromatic amines is 3. The Morgan fingerprint density at radius 3 is 1.42 bits per heavy atom. The summed E-state index contributed by atoms with van der Waals surface area (Å²) in [7, 11) is 1.36. The molecule has 0 saturated carbocycles. The van der Waals surface area contributed by atoms with E-state index in [2.05, 4.69) is 84.1 Å². The Morgan fingerprint density at radius 2 is 0.930 bits per heavy atom. The van der Waals surface area contributed by atoms with E-state index in [0.717, 1.165) is 6.92 Å². The number of Topliss-reactive ketones (excluding diaryl/α,β-unsaturated/α-hetero) is 1. The number of benzene rings is 3. The molecule has 3 aliphatic heterocycles. The van der Waals surface area contributed by atoms with Crippen molar-refractivity contribution < 1.29 is 127 Å². The summed E-state index contributed by atoms with van der Waals surface area (Å²) in [4.78, 5) is 284. The van der Waals surface area contributed by atoms with Gasteiger partial charge in [0, 0.05) is 154 Å². The lowest BCUT2D eigenvalue weighted by Crippen LogP contribution is -2.63. The molecule has 3 aliphatic rings. The first-order valence-electron chi connectivity index (χ1n) is 46.7. The number of hydrogen-bond donors (Lipinski definition) is 24. The summed E-state index contributed by atoms with van der Waals surface area (Å²) in [6.45, 7) is 4.44.